The fourth-order valence-corrected chi connectivity index (χ4v) is 5.52. The van der Waals surface area contributed by atoms with Crippen molar-refractivity contribution in [3.63, 3.8) is 0 Å². The molecule has 0 radical (unpaired) electrons. The molecular formula is C27H19N5OS2. The number of hydrogen-bond donors (Lipinski definition) is 2. The Morgan fingerprint density at radius 3 is 2.69 bits per heavy atom. The van der Waals surface area contributed by atoms with Gasteiger partial charge in [-0.2, -0.15) is 0 Å². The molecule has 0 fully saturated rings. The Balaban J connectivity index is 1.25. The lowest BCUT2D eigenvalue weighted by atomic mass is 10.1. The molecule has 35 heavy (non-hydrogen) atoms. The first-order valence-electron chi connectivity index (χ1n) is 10.9. The lowest BCUT2D eigenvalue weighted by Crippen LogP contribution is -2.11. The molecule has 0 saturated carbocycles. The zero-order valence-corrected chi connectivity index (χ0v) is 20.0. The van der Waals surface area contributed by atoms with Crippen LogP contribution in [0.2, 0.25) is 0 Å². The van der Waals surface area contributed by atoms with Gasteiger partial charge in [0.15, 0.2) is 0 Å². The normalized spacial score (nSPS) is 11.1. The van der Waals surface area contributed by atoms with Crippen LogP contribution in [-0.2, 0) is 0 Å². The number of amides is 1. The number of hydrogen-bond acceptors (Lipinski definition) is 6. The van der Waals surface area contributed by atoms with Crippen LogP contribution in [0.1, 0.15) is 9.67 Å². The average molecular weight is 494 g/mol. The molecule has 6 aromatic rings. The number of aromatic nitrogens is 3. The number of nitrogens with zero attached hydrogens (tertiary/aromatic N) is 3. The van der Waals surface area contributed by atoms with E-state index in [1.807, 2.05) is 72.2 Å². The number of rotatable bonds is 5. The van der Waals surface area contributed by atoms with Crippen LogP contribution in [0.4, 0.5) is 11.4 Å². The molecule has 8 heteroatoms. The van der Waals surface area contributed by atoms with Gasteiger partial charge in [0.2, 0.25) is 0 Å². The van der Waals surface area contributed by atoms with Gasteiger partial charge in [0.1, 0.15) is 5.69 Å². The average Bonchev–Trinajstić information content (AvgIpc) is 3.67. The molecule has 0 spiro atoms. The fourth-order valence-electron chi connectivity index (χ4n) is 3.94. The number of anilines is 2. The van der Waals surface area contributed by atoms with Gasteiger partial charge in [-0.05, 0) is 52.7 Å². The second-order valence-corrected chi connectivity index (χ2v) is 9.98. The first kappa shape index (κ1) is 21.3. The summed E-state index contributed by atoms with van der Waals surface area (Å²) in [5, 5.41) is 15.9. The first-order valence-corrected chi connectivity index (χ1v) is 12.6. The molecule has 6 rings (SSSR count). The molecule has 0 aliphatic carbocycles. The molecule has 0 saturated heterocycles. The summed E-state index contributed by atoms with van der Waals surface area (Å²) in [4.78, 5) is 15.5. The van der Waals surface area contributed by atoms with Crippen LogP contribution in [0.5, 0.6) is 0 Å². The first-order chi connectivity index (χ1) is 17.2. The third-order valence-electron chi connectivity index (χ3n) is 5.70. The molecule has 0 aliphatic rings. The summed E-state index contributed by atoms with van der Waals surface area (Å²) in [6.07, 6.45) is 1.89. The highest BCUT2D eigenvalue weighted by Crippen LogP contribution is 2.32. The van der Waals surface area contributed by atoms with Gasteiger partial charge in [0.25, 0.3) is 5.91 Å². The Labute approximate surface area is 209 Å². The maximum absolute atomic E-state index is 13.0. The lowest BCUT2D eigenvalue weighted by molar-refractivity contribution is 0.103. The number of thiophene rings is 2. The molecule has 3 heterocycles. The van der Waals surface area contributed by atoms with Gasteiger partial charge in [0.05, 0.1) is 33.0 Å². The Bertz CT molecular complexity index is 1660. The molecule has 0 aliphatic heterocycles. The van der Waals surface area contributed by atoms with Crippen molar-refractivity contribution in [3.05, 3.63) is 101 Å². The molecule has 0 atom stereocenters. The van der Waals surface area contributed by atoms with Crippen molar-refractivity contribution in [2.24, 2.45) is 0 Å². The van der Waals surface area contributed by atoms with Crippen molar-refractivity contribution in [3.8, 4) is 26.7 Å². The van der Waals surface area contributed by atoms with Crippen LogP contribution >= 0.6 is 22.7 Å². The standard InChI is InChI=1S/C27H19N5OS2/c28-20-11-10-18(24-9-4-14-34-24)15-21(20)29-27(33)26-13-12-25(35-26)22-16-32(31-30-22)23-8-3-6-17-5-1-2-7-19(17)23/h1-16H,28H2,(H,29,33). The summed E-state index contributed by atoms with van der Waals surface area (Å²) in [6, 6.07) is 27.7. The van der Waals surface area contributed by atoms with Crippen molar-refractivity contribution in [1.29, 1.82) is 0 Å². The third kappa shape index (κ3) is 4.09. The van der Waals surface area contributed by atoms with E-state index in [1.165, 1.54) is 11.3 Å². The van der Waals surface area contributed by atoms with Crippen LogP contribution in [0, 0.1) is 0 Å². The minimum atomic E-state index is -0.210. The lowest BCUT2D eigenvalue weighted by Gasteiger charge is -2.09. The Morgan fingerprint density at radius 1 is 0.914 bits per heavy atom. The topological polar surface area (TPSA) is 85.8 Å². The van der Waals surface area contributed by atoms with E-state index >= 15 is 0 Å². The van der Waals surface area contributed by atoms with Gasteiger partial charge in [-0.25, -0.2) is 4.68 Å². The molecule has 1 amide bonds. The minimum Gasteiger partial charge on any atom is -0.397 e. The summed E-state index contributed by atoms with van der Waals surface area (Å²) in [5.74, 6) is -0.210. The highest BCUT2D eigenvalue weighted by molar-refractivity contribution is 7.17. The predicted octanol–water partition coefficient (Wildman–Crippen LogP) is 6.71. The van der Waals surface area contributed by atoms with Gasteiger partial charge in [-0.1, -0.05) is 53.7 Å². The monoisotopic (exact) mass is 493 g/mol. The summed E-state index contributed by atoms with van der Waals surface area (Å²) in [5.41, 5.74) is 9.93. The SMILES string of the molecule is Nc1ccc(-c2cccs2)cc1NC(=O)c1ccc(-c2cn(-c3cccc4ccccc34)nn2)s1. The van der Waals surface area contributed by atoms with E-state index in [4.69, 9.17) is 5.73 Å². The fraction of sp³-hybridized carbons (Fsp3) is 0. The maximum Gasteiger partial charge on any atom is 0.265 e. The quantitative estimate of drug-likeness (QED) is 0.261. The van der Waals surface area contributed by atoms with Crippen molar-refractivity contribution < 1.29 is 4.79 Å². The molecule has 3 aromatic heterocycles. The number of carbonyl (C=O) groups excluding carboxylic acids is 1. The van der Waals surface area contributed by atoms with Gasteiger partial charge >= 0.3 is 0 Å². The van der Waals surface area contributed by atoms with E-state index in [9.17, 15) is 4.79 Å². The zero-order valence-electron chi connectivity index (χ0n) is 18.4. The number of fused-ring (bicyclic) bond motifs is 1. The molecule has 3 aromatic carbocycles. The Morgan fingerprint density at radius 2 is 1.80 bits per heavy atom. The number of nitrogen functional groups attached to an aromatic ring is 1. The van der Waals surface area contributed by atoms with E-state index < -0.39 is 0 Å². The van der Waals surface area contributed by atoms with E-state index in [0.717, 1.165) is 31.8 Å². The highest BCUT2D eigenvalue weighted by Gasteiger charge is 2.15. The van der Waals surface area contributed by atoms with Gasteiger partial charge in [-0.15, -0.1) is 27.8 Å². The number of nitrogens with two attached hydrogens (primary N) is 1. The highest BCUT2D eigenvalue weighted by atomic mass is 32.1. The molecule has 170 valence electrons. The van der Waals surface area contributed by atoms with Crippen LogP contribution in [-0.4, -0.2) is 20.9 Å². The van der Waals surface area contributed by atoms with E-state index in [1.54, 1.807) is 22.1 Å². The van der Waals surface area contributed by atoms with Gasteiger partial charge in [0, 0.05) is 10.3 Å². The second kappa shape index (κ2) is 8.83. The van der Waals surface area contributed by atoms with E-state index in [2.05, 4.69) is 33.8 Å². The number of nitrogens with one attached hydrogen (secondary N) is 1. The maximum atomic E-state index is 13.0. The second-order valence-electron chi connectivity index (χ2n) is 7.94. The number of carbonyl (C=O) groups is 1. The smallest absolute Gasteiger partial charge is 0.265 e. The van der Waals surface area contributed by atoms with Crippen LogP contribution < -0.4 is 11.1 Å². The van der Waals surface area contributed by atoms with E-state index in [-0.39, 0.29) is 5.91 Å². The van der Waals surface area contributed by atoms with Crippen molar-refractivity contribution >= 4 is 50.7 Å². The third-order valence-corrected chi connectivity index (χ3v) is 7.72. The van der Waals surface area contributed by atoms with Crippen LogP contribution in [0.25, 0.3) is 37.5 Å². The molecule has 3 N–H and O–H groups in total. The summed E-state index contributed by atoms with van der Waals surface area (Å²) in [7, 11) is 0. The molecule has 6 nitrogen and oxygen atoms in total. The van der Waals surface area contributed by atoms with Crippen molar-refractivity contribution in [2.75, 3.05) is 11.1 Å². The molecule has 0 bridgehead atoms. The van der Waals surface area contributed by atoms with Gasteiger partial charge < -0.3 is 11.1 Å². The predicted molar refractivity (Wildman–Crippen MR) is 144 cm³/mol. The Kier molecular flexibility index (Phi) is 5.36. The molecule has 0 unspecified atom stereocenters. The van der Waals surface area contributed by atoms with Crippen LogP contribution in [0.3, 0.4) is 0 Å². The minimum absolute atomic E-state index is 0.210. The molecular weight excluding hydrogens is 474 g/mol. The number of benzene rings is 3. The van der Waals surface area contributed by atoms with E-state index in [0.29, 0.717) is 21.9 Å². The van der Waals surface area contributed by atoms with Crippen LogP contribution in [0.15, 0.2) is 96.5 Å². The zero-order chi connectivity index (χ0) is 23.8. The van der Waals surface area contributed by atoms with Crippen molar-refractivity contribution in [1.82, 2.24) is 15.0 Å². The van der Waals surface area contributed by atoms with Crippen molar-refractivity contribution in [2.45, 2.75) is 0 Å². The van der Waals surface area contributed by atoms with Gasteiger partial charge in [-0.3, -0.25) is 4.79 Å². The largest absolute Gasteiger partial charge is 0.397 e. The Hall–Kier alpha value is -4.27. The summed E-state index contributed by atoms with van der Waals surface area (Å²) >= 11 is 3.01. The summed E-state index contributed by atoms with van der Waals surface area (Å²) < 4.78 is 1.77. The summed E-state index contributed by atoms with van der Waals surface area (Å²) in [6.45, 7) is 0.